The number of anilines is 1. The normalized spacial score (nSPS) is 14.4. The molecular weight excluding hydrogens is 508 g/mol. The first-order valence-corrected chi connectivity index (χ1v) is 12.7. The van der Waals surface area contributed by atoms with E-state index >= 15 is 0 Å². The minimum absolute atomic E-state index is 0.187. The molecule has 8 heteroatoms. The number of ether oxygens (including phenoxy) is 1. The Morgan fingerprint density at radius 2 is 1.70 bits per heavy atom. The maximum atomic E-state index is 13.1. The molecule has 0 aliphatic carbocycles. The predicted octanol–water partition coefficient (Wildman–Crippen LogP) is 6.75. The van der Waals surface area contributed by atoms with Gasteiger partial charge >= 0.3 is 0 Å². The van der Waals surface area contributed by atoms with Gasteiger partial charge in [0.05, 0.1) is 11.4 Å². The highest BCUT2D eigenvalue weighted by atomic mass is 35.5. The lowest BCUT2D eigenvalue weighted by molar-refractivity contribution is -0.123. The molecule has 1 heterocycles. The molecule has 4 aromatic carbocycles. The SMILES string of the molecule is O=C(COc1cccc(/C=C2\SC(=O)N(Cc3cccc4ccccc34)C2=O)c1)Nc1ccc(Cl)cc1. The average molecular weight is 529 g/mol. The van der Waals surface area contributed by atoms with Gasteiger partial charge in [0.25, 0.3) is 17.1 Å². The molecule has 0 saturated carbocycles. The second-order valence-electron chi connectivity index (χ2n) is 8.32. The molecule has 184 valence electrons. The number of nitrogens with one attached hydrogen (secondary N) is 1. The average Bonchev–Trinajstić information content (AvgIpc) is 3.16. The lowest BCUT2D eigenvalue weighted by atomic mass is 10.0. The molecule has 1 saturated heterocycles. The first-order valence-electron chi connectivity index (χ1n) is 11.5. The van der Waals surface area contributed by atoms with Crippen molar-refractivity contribution in [1.82, 2.24) is 4.90 Å². The van der Waals surface area contributed by atoms with Crippen LogP contribution in [0.3, 0.4) is 0 Å². The number of amides is 3. The molecular formula is C29H21ClN2O4S. The maximum absolute atomic E-state index is 13.1. The number of benzene rings is 4. The van der Waals surface area contributed by atoms with Crippen molar-refractivity contribution in [2.24, 2.45) is 0 Å². The summed E-state index contributed by atoms with van der Waals surface area (Å²) in [7, 11) is 0. The summed E-state index contributed by atoms with van der Waals surface area (Å²) in [5.74, 6) is -0.186. The third-order valence-electron chi connectivity index (χ3n) is 5.74. The first kappa shape index (κ1) is 24.6. The van der Waals surface area contributed by atoms with E-state index in [1.165, 1.54) is 4.90 Å². The third kappa shape index (κ3) is 5.85. The molecule has 0 radical (unpaired) electrons. The summed E-state index contributed by atoms with van der Waals surface area (Å²) in [6.45, 7) is 0.0167. The number of imide groups is 1. The monoisotopic (exact) mass is 528 g/mol. The number of fused-ring (bicyclic) bond motifs is 1. The molecule has 0 unspecified atom stereocenters. The molecule has 37 heavy (non-hydrogen) atoms. The maximum Gasteiger partial charge on any atom is 0.293 e. The highest BCUT2D eigenvalue weighted by molar-refractivity contribution is 8.18. The Bertz CT molecular complexity index is 1530. The van der Waals surface area contributed by atoms with Crippen LogP contribution in [-0.4, -0.2) is 28.6 Å². The lowest BCUT2D eigenvalue weighted by Gasteiger charge is -2.14. The van der Waals surface area contributed by atoms with Crippen LogP contribution in [0.5, 0.6) is 5.75 Å². The molecule has 0 spiro atoms. The third-order valence-corrected chi connectivity index (χ3v) is 6.90. The van der Waals surface area contributed by atoms with E-state index in [0.29, 0.717) is 26.9 Å². The van der Waals surface area contributed by atoms with Crippen LogP contribution in [0.4, 0.5) is 10.5 Å². The smallest absolute Gasteiger partial charge is 0.293 e. The fourth-order valence-electron chi connectivity index (χ4n) is 3.96. The van der Waals surface area contributed by atoms with Gasteiger partial charge in [0.2, 0.25) is 0 Å². The molecule has 0 atom stereocenters. The Morgan fingerprint density at radius 1 is 0.946 bits per heavy atom. The molecule has 0 bridgehead atoms. The number of thioether (sulfide) groups is 1. The van der Waals surface area contributed by atoms with Crippen molar-refractivity contribution >= 4 is 63.0 Å². The van der Waals surface area contributed by atoms with Gasteiger partial charge in [-0.2, -0.15) is 0 Å². The van der Waals surface area contributed by atoms with Crippen LogP contribution in [-0.2, 0) is 16.1 Å². The van der Waals surface area contributed by atoms with E-state index < -0.39 is 0 Å². The van der Waals surface area contributed by atoms with Crippen LogP contribution in [0.15, 0.2) is 95.9 Å². The Balaban J connectivity index is 1.25. The Labute approximate surface area is 222 Å². The van der Waals surface area contributed by atoms with E-state index in [2.05, 4.69) is 5.32 Å². The van der Waals surface area contributed by atoms with Crippen LogP contribution in [0.2, 0.25) is 5.02 Å². The van der Waals surface area contributed by atoms with Gasteiger partial charge in [-0.3, -0.25) is 19.3 Å². The fourth-order valence-corrected chi connectivity index (χ4v) is 4.93. The molecule has 0 aromatic heterocycles. The highest BCUT2D eigenvalue weighted by Crippen LogP contribution is 2.34. The van der Waals surface area contributed by atoms with Crippen molar-refractivity contribution in [3.8, 4) is 5.75 Å². The minimum Gasteiger partial charge on any atom is -0.484 e. The number of rotatable bonds is 7. The van der Waals surface area contributed by atoms with Crippen molar-refractivity contribution < 1.29 is 19.1 Å². The topological polar surface area (TPSA) is 75.7 Å². The van der Waals surface area contributed by atoms with E-state index in [-0.39, 0.29) is 30.2 Å². The minimum atomic E-state index is -0.336. The van der Waals surface area contributed by atoms with Gasteiger partial charge in [-0.15, -0.1) is 0 Å². The molecule has 1 aliphatic heterocycles. The van der Waals surface area contributed by atoms with Crippen LogP contribution >= 0.6 is 23.4 Å². The summed E-state index contributed by atoms with van der Waals surface area (Å²) in [6, 6.07) is 27.5. The molecule has 5 rings (SSSR count). The summed E-state index contributed by atoms with van der Waals surface area (Å²) in [5.41, 5.74) is 2.21. The Morgan fingerprint density at radius 3 is 2.54 bits per heavy atom. The fraction of sp³-hybridized carbons (Fsp3) is 0.0690. The zero-order valence-electron chi connectivity index (χ0n) is 19.5. The van der Waals surface area contributed by atoms with E-state index in [1.54, 1.807) is 54.6 Å². The van der Waals surface area contributed by atoms with Crippen LogP contribution in [0.1, 0.15) is 11.1 Å². The van der Waals surface area contributed by atoms with Gasteiger partial charge < -0.3 is 10.1 Å². The van der Waals surface area contributed by atoms with E-state index in [9.17, 15) is 14.4 Å². The van der Waals surface area contributed by atoms with Gasteiger partial charge in [0.15, 0.2) is 6.61 Å². The number of carbonyl (C=O) groups is 3. The summed E-state index contributed by atoms with van der Waals surface area (Å²) in [6.07, 6.45) is 1.66. The highest BCUT2D eigenvalue weighted by Gasteiger charge is 2.35. The van der Waals surface area contributed by atoms with Crippen LogP contribution in [0, 0.1) is 0 Å². The summed E-state index contributed by atoms with van der Waals surface area (Å²) >= 11 is 6.77. The number of hydrogen-bond acceptors (Lipinski definition) is 5. The second kappa shape index (κ2) is 10.9. The number of carbonyl (C=O) groups excluding carboxylic acids is 3. The Kier molecular flexibility index (Phi) is 7.25. The van der Waals surface area contributed by atoms with Gasteiger partial charge in [-0.05, 0) is 76.1 Å². The summed E-state index contributed by atoms with van der Waals surface area (Å²) in [4.78, 5) is 39.6. The molecule has 1 fully saturated rings. The van der Waals surface area contributed by atoms with E-state index in [4.69, 9.17) is 16.3 Å². The Hall–Kier alpha value is -4.07. The van der Waals surface area contributed by atoms with Crippen molar-refractivity contribution in [2.75, 3.05) is 11.9 Å². The molecule has 4 aromatic rings. The van der Waals surface area contributed by atoms with Gasteiger partial charge in [0.1, 0.15) is 5.75 Å². The van der Waals surface area contributed by atoms with Gasteiger partial charge in [-0.1, -0.05) is 66.2 Å². The van der Waals surface area contributed by atoms with Crippen molar-refractivity contribution in [2.45, 2.75) is 6.54 Å². The molecule has 6 nitrogen and oxygen atoms in total. The van der Waals surface area contributed by atoms with Gasteiger partial charge in [0, 0.05) is 10.7 Å². The largest absolute Gasteiger partial charge is 0.484 e. The van der Waals surface area contributed by atoms with Crippen molar-refractivity contribution in [1.29, 1.82) is 0 Å². The molecule has 1 N–H and O–H groups in total. The van der Waals surface area contributed by atoms with Crippen molar-refractivity contribution in [3.05, 3.63) is 112 Å². The number of nitrogens with zero attached hydrogens (tertiary/aromatic N) is 1. The quantitative estimate of drug-likeness (QED) is 0.269. The summed E-state index contributed by atoms with van der Waals surface area (Å²) in [5, 5.41) is 5.07. The van der Waals surface area contributed by atoms with Gasteiger partial charge in [-0.25, -0.2) is 0 Å². The predicted molar refractivity (Wildman–Crippen MR) is 147 cm³/mol. The van der Waals surface area contributed by atoms with E-state index in [1.807, 2.05) is 42.5 Å². The first-order chi connectivity index (χ1) is 18.0. The number of hydrogen-bond donors (Lipinski definition) is 1. The van der Waals surface area contributed by atoms with Crippen LogP contribution in [0.25, 0.3) is 16.8 Å². The zero-order valence-corrected chi connectivity index (χ0v) is 21.1. The van der Waals surface area contributed by atoms with Crippen molar-refractivity contribution in [3.63, 3.8) is 0 Å². The molecule has 3 amide bonds. The lowest BCUT2D eigenvalue weighted by Crippen LogP contribution is -2.27. The standard InChI is InChI=1S/C29H21ClN2O4S/c30-22-11-13-23(14-12-22)31-27(33)18-36-24-9-3-5-19(15-24)16-26-28(34)32(29(35)37-26)17-21-8-4-7-20-6-1-2-10-25(20)21/h1-16H,17-18H2,(H,31,33)/b26-16-. The number of halogens is 1. The zero-order chi connectivity index (χ0) is 25.8. The second-order valence-corrected chi connectivity index (χ2v) is 9.75. The molecule has 1 aliphatic rings. The van der Waals surface area contributed by atoms with E-state index in [0.717, 1.165) is 28.1 Å². The van der Waals surface area contributed by atoms with Crippen LogP contribution < -0.4 is 10.1 Å². The summed E-state index contributed by atoms with van der Waals surface area (Å²) < 4.78 is 5.62.